The molecule has 0 aliphatic rings. The summed E-state index contributed by atoms with van der Waals surface area (Å²) in [6.45, 7) is 5.53. The van der Waals surface area contributed by atoms with Gasteiger partial charge >= 0.3 is 0 Å². The van der Waals surface area contributed by atoms with Crippen molar-refractivity contribution in [2.45, 2.75) is 26.9 Å². The number of nitrogens with zero attached hydrogens (tertiary/aromatic N) is 2. The molecule has 0 saturated carbocycles. The van der Waals surface area contributed by atoms with E-state index in [4.69, 9.17) is 17.0 Å². The van der Waals surface area contributed by atoms with E-state index in [1.165, 1.54) is 11.1 Å². The zero-order valence-corrected chi connectivity index (χ0v) is 16.6. The van der Waals surface area contributed by atoms with Crippen LogP contribution in [0.1, 0.15) is 22.5 Å². The molecule has 3 rings (SSSR count). The molecule has 2 aromatic carbocycles. The number of anilines is 1. The van der Waals surface area contributed by atoms with Crippen molar-refractivity contribution in [3.8, 4) is 5.75 Å². The van der Waals surface area contributed by atoms with Gasteiger partial charge in [0.15, 0.2) is 5.11 Å². The predicted octanol–water partition coefficient (Wildman–Crippen LogP) is 4.04. The van der Waals surface area contributed by atoms with Crippen LogP contribution >= 0.6 is 12.2 Å². The van der Waals surface area contributed by atoms with Crippen molar-refractivity contribution in [2.75, 3.05) is 12.4 Å². The number of nitrogens with one attached hydrogen (secondary N) is 2. The predicted molar refractivity (Wildman–Crippen MR) is 113 cm³/mol. The fraction of sp³-hybridized carbons (Fsp3) is 0.238. The standard InChI is InChI=1S/C21H24N4OS/c1-15-20(16(2)25(24-15)14-17-7-5-4-6-8-17)13-22-21(27)23-18-9-11-19(26-3)12-10-18/h4-12H,13-14H2,1-3H3,(H2,22,23,27). The molecule has 1 aromatic heterocycles. The van der Waals surface area contributed by atoms with Crippen molar-refractivity contribution < 1.29 is 4.74 Å². The lowest BCUT2D eigenvalue weighted by Gasteiger charge is -2.11. The molecule has 0 radical (unpaired) electrons. The Balaban J connectivity index is 1.61. The van der Waals surface area contributed by atoms with E-state index in [0.717, 1.165) is 29.4 Å². The van der Waals surface area contributed by atoms with E-state index in [2.05, 4.69) is 34.8 Å². The minimum absolute atomic E-state index is 0.578. The molecular formula is C21H24N4OS. The number of hydrogen-bond acceptors (Lipinski definition) is 3. The van der Waals surface area contributed by atoms with Gasteiger partial charge in [-0.25, -0.2) is 0 Å². The van der Waals surface area contributed by atoms with Crippen LogP contribution < -0.4 is 15.4 Å². The number of thiocarbonyl (C=S) groups is 1. The Bertz CT molecular complexity index is 904. The second-order valence-electron chi connectivity index (χ2n) is 6.33. The van der Waals surface area contributed by atoms with Crippen LogP contribution in [0.25, 0.3) is 0 Å². The van der Waals surface area contributed by atoms with Gasteiger partial charge in [0, 0.05) is 23.5 Å². The van der Waals surface area contributed by atoms with Crippen molar-refractivity contribution in [1.82, 2.24) is 15.1 Å². The van der Waals surface area contributed by atoms with Crippen LogP contribution in [0.3, 0.4) is 0 Å². The van der Waals surface area contributed by atoms with Gasteiger partial charge < -0.3 is 15.4 Å². The Morgan fingerprint density at radius 1 is 1.07 bits per heavy atom. The average Bonchev–Trinajstić information content (AvgIpc) is 2.94. The van der Waals surface area contributed by atoms with Crippen LogP contribution in [0.15, 0.2) is 54.6 Å². The molecule has 0 aliphatic carbocycles. The van der Waals surface area contributed by atoms with Crippen LogP contribution in [-0.4, -0.2) is 22.0 Å². The minimum atomic E-state index is 0.578. The molecule has 0 amide bonds. The first-order valence-corrected chi connectivity index (χ1v) is 9.23. The zero-order chi connectivity index (χ0) is 19.2. The number of aromatic nitrogens is 2. The molecule has 1 heterocycles. The monoisotopic (exact) mass is 380 g/mol. The van der Waals surface area contributed by atoms with Gasteiger partial charge in [0.05, 0.1) is 19.3 Å². The SMILES string of the molecule is COc1ccc(NC(=S)NCc2c(C)nn(Cc3ccccc3)c2C)cc1. The number of aryl methyl sites for hydroxylation is 1. The quantitative estimate of drug-likeness (QED) is 0.632. The first-order valence-electron chi connectivity index (χ1n) is 8.82. The van der Waals surface area contributed by atoms with E-state index in [-0.39, 0.29) is 0 Å². The summed E-state index contributed by atoms with van der Waals surface area (Å²) in [7, 11) is 1.65. The molecule has 3 aromatic rings. The van der Waals surface area contributed by atoms with E-state index >= 15 is 0 Å². The van der Waals surface area contributed by atoms with Crippen LogP contribution in [0.4, 0.5) is 5.69 Å². The van der Waals surface area contributed by atoms with Gasteiger partial charge in [0.1, 0.15) is 5.75 Å². The summed E-state index contributed by atoms with van der Waals surface area (Å²) in [4.78, 5) is 0. The Morgan fingerprint density at radius 2 is 1.78 bits per heavy atom. The highest BCUT2D eigenvalue weighted by atomic mass is 32.1. The molecule has 6 heteroatoms. The summed E-state index contributed by atoms with van der Waals surface area (Å²) in [5.74, 6) is 0.816. The number of rotatable bonds is 6. The number of hydrogen-bond donors (Lipinski definition) is 2. The summed E-state index contributed by atoms with van der Waals surface area (Å²) in [5, 5.41) is 11.7. The van der Waals surface area contributed by atoms with Crippen LogP contribution in [-0.2, 0) is 13.1 Å². The molecule has 0 aliphatic heterocycles. The number of ether oxygens (including phenoxy) is 1. The number of methoxy groups -OCH3 is 1. The normalized spacial score (nSPS) is 10.5. The maximum Gasteiger partial charge on any atom is 0.171 e. The topological polar surface area (TPSA) is 51.1 Å². The third-order valence-electron chi connectivity index (χ3n) is 4.48. The largest absolute Gasteiger partial charge is 0.497 e. The first-order chi connectivity index (χ1) is 13.1. The second kappa shape index (κ2) is 8.68. The highest BCUT2D eigenvalue weighted by Crippen LogP contribution is 2.16. The van der Waals surface area contributed by atoms with Gasteiger partial charge in [0.2, 0.25) is 0 Å². The van der Waals surface area contributed by atoms with Crippen molar-refractivity contribution >= 4 is 23.0 Å². The van der Waals surface area contributed by atoms with E-state index < -0.39 is 0 Å². The van der Waals surface area contributed by atoms with Crippen molar-refractivity contribution in [3.63, 3.8) is 0 Å². The Hall–Kier alpha value is -2.86. The fourth-order valence-electron chi connectivity index (χ4n) is 2.92. The molecule has 0 fully saturated rings. The first kappa shape index (κ1) is 18.9. The summed E-state index contributed by atoms with van der Waals surface area (Å²) in [6.07, 6.45) is 0. The maximum atomic E-state index is 5.41. The maximum absolute atomic E-state index is 5.41. The minimum Gasteiger partial charge on any atom is -0.497 e. The van der Waals surface area contributed by atoms with E-state index in [1.807, 2.05) is 54.1 Å². The Morgan fingerprint density at radius 3 is 2.44 bits per heavy atom. The van der Waals surface area contributed by atoms with Crippen LogP contribution in [0.5, 0.6) is 5.75 Å². The smallest absolute Gasteiger partial charge is 0.171 e. The van der Waals surface area contributed by atoms with Gasteiger partial charge in [-0.3, -0.25) is 4.68 Å². The van der Waals surface area contributed by atoms with Gasteiger partial charge in [-0.2, -0.15) is 5.10 Å². The van der Waals surface area contributed by atoms with Gasteiger partial charge in [-0.05, 0) is 55.9 Å². The highest BCUT2D eigenvalue weighted by molar-refractivity contribution is 7.80. The molecule has 2 N–H and O–H groups in total. The van der Waals surface area contributed by atoms with E-state index in [9.17, 15) is 0 Å². The summed E-state index contributed by atoms with van der Waals surface area (Å²) < 4.78 is 7.21. The molecule has 140 valence electrons. The lowest BCUT2D eigenvalue weighted by atomic mass is 10.2. The fourth-order valence-corrected chi connectivity index (χ4v) is 3.11. The van der Waals surface area contributed by atoms with Crippen molar-refractivity contribution in [3.05, 3.63) is 77.1 Å². The lowest BCUT2D eigenvalue weighted by molar-refractivity contribution is 0.415. The van der Waals surface area contributed by atoms with E-state index in [1.54, 1.807) is 7.11 Å². The third-order valence-corrected chi connectivity index (χ3v) is 4.73. The average molecular weight is 381 g/mol. The molecule has 0 bridgehead atoms. The Kier molecular flexibility index (Phi) is 6.08. The molecule has 0 saturated heterocycles. The Labute approximate surface area is 165 Å². The molecule has 27 heavy (non-hydrogen) atoms. The number of benzene rings is 2. The molecule has 5 nitrogen and oxygen atoms in total. The van der Waals surface area contributed by atoms with Crippen molar-refractivity contribution in [2.24, 2.45) is 0 Å². The van der Waals surface area contributed by atoms with Crippen LogP contribution in [0, 0.1) is 13.8 Å². The molecule has 0 unspecified atom stereocenters. The second-order valence-corrected chi connectivity index (χ2v) is 6.74. The zero-order valence-electron chi connectivity index (χ0n) is 15.8. The molecule has 0 atom stereocenters. The van der Waals surface area contributed by atoms with Gasteiger partial charge in [-0.1, -0.05) is 30.3 Å². The molecule has 0 spiro atoms. The van der Waals surface area contributed by atoms with Crippen molar-refractivity contribution in [1.29, 1.82) is 0 Å². The van der Waals surface area contributed by atoms with Crippen LogP contribution in [0.2, 0.25) is 0 Å². The summed E-state index contributed by atoms with van der Waals surface area (Å²) in [5.41, 5.74) is 5.49. The summed E-state index contributed by atoms with van der Waals surface area (Å²) in [6, 6.07) is 18.0. The third kappa shape index (κ3) is 4.86. The summed E-state index contributed by atoms with van der Waals surface area (Å²) >= 11 is 5.41. The van der Waals surface area contributed by atoms with Gasteiger partial charge in [-0.15, -0.1) is 0 Å². The van der Waals surface area contributed by atoms with Gasteiger partial charge in [0.25, 0.3) is 0 Å². The van der Waals surface area contributed by atoms with E-state index in [0.29, 0.717) is 11.7 Å². The highest BCUT2D eigenvalue weighted by Gasteiger charge is 2.12. The lowest BCUT2D eigenvalue weighted by Crippen LogP contribution is -2.28. The molecular weight excluding hydrogens is 356 g/mol.